The van der Waals surface area contributed by atoms with E-state index in [2.05, 4.69) is 5.29 Å². The highest BCUT2D eigenvalue weighted by molar-refractivity contribution is 5.59. The van der Waals surface area contributed by atoms with Gasteiger partial charge in [0.1, 0.15) is 12.4 Å². The van der Waals surface area contributed by atoms with Crippen LogP contribution in [0.4, 0.5) is 5.69 Å². The molecule has 0 amide bonds. The summed E-state index contributed by atoms with van der Waals surface area (Å²) in [4.78, 5) is 10.6. The van der Waals surface area contributed by atoms with Crippen molar-refractivity contribution >= 4 is 5.69 Å². The Morgan fingerprint density at radius 2 is 2.00 bits per heavy atom. The molecule has 0 saturated carbocycles. The first-order valence-corrected chi connectivity index (χ1v) is 6.27. The molecular weight excluding hydrogens is 240 g/mol. The number of hydrogen-bond donors (Lipinski definition) is 0. The van der Waals surface area contributed by atoms with Crippen molar-refractivity contribution in [2.75, 3.05) is 11.6 Å². The average molecular weight is 254 g/mol. The highest BCUT2D eigenvalue weighted by Crippen LogP contribution is 2.31. The fraction of sp³-hybridized carbons (Fsp3) is 0.200. The first kappa shape index (κ1) is 11.7. The maximum Gasteiger partial charge on any atom is 0.120 e. The number of ether oxygens (including phenoxy) is 1. The fourth-order valence-corrected chi connectivity index (χ4v) is 2.28. The molecule has 0 aromatic heterocycles. The zero-order chi connectivity index (χ0) is 13.1. The maximum atomic E-state index is 10.6. The van der Waals surface area contributed by atoms with Crippen LogP contribution >= 0.6 is 0 Å². The summed E-state index contributed by atoms with van der Waals surface area (Å²) in [6, 6.07) is 15.8. The smallest absolute Gasteiger partial charge is 0.120 e. The van der Waals surface area contributed by atoms with E-state index >= 15 is 0 Å². The topological polar surface area (TPSA) is 41.9 Å². The van der Waals surface area contributed by atoms with E-state index in [9.17, 15) is 4.91 Å². The Bertz CT molecular complexity index is 584. The minimum atomic E-state index is 0.551. The first-order chi connectivity index (χ1) is 9.36. The van der Waals surface area contributed by atoms with Crippen molar-refractivity contribution in [1.82, 2.24) is 0 Å². The molecule has 0 saturated heterocycles. The minimum absolute atomic E-state index is 0.551. The molecule has 0 aliphatic carbocycles. The summed E-state index contributed by atoms with van der Waals surface area (Å²) >= 11 is 0. The van der Waals surface area contributed by atoms with Gasteiger partial charge in [0.25, 0.3) is 0 Å². The van der Waals surface area contributed by atoms with Crippen molar-refractivity contribution < 1.29 is 4.74 Å². The van der Waals surface area contributed by atoms with Crippen LogP contribution in [0.25, 0.3) is 0 Å². The summed E-state index contributed by atoms with van der Waals surface area (Å²) in [5, 5.41) is 4.48. The minimum Gasteiger partial charge on any atom is -0.489 e. The Balaban J connectivity index is 1.72. The number of fused-ring (bicyclic) bond motifs is 1. The molecule has 2 aromatic rings. The van der Waals surface area contributed by atoms with Gasteiger partial charge in [0, 0.05) is 6.54 Å². The van der Waals surface area contributed by atoms with E-state index in [-0.39, 0.29) is 0 Å². The predicted molar refractivity (Wildman–Crippen MR) is 74.1 cm³/mol. The molecule has 19 heavy (non-hydrogen) atoms. The van der Waals surface area contributed by atoms with Gasteiger partial charge in [-0.25, -0.2) is 5.01 Å². The standard InChI is InChI=1S/C15H14N2O2/c18-16-17-9-8-13-10-14(6-7-15(13)17)19-11-12-4-2-1-3-5-12/h1-7,10H,8-9,11H2. The molecule has 0 unspecified atom stereocenters. The van der Waals surface area contributed by atoms with Gasteiger partial charge in [-0.15, -0.1) is 4.91 Å². The van der Waals surface area contributed by atoms with Crippen LogP contribution in [0, 0.1) is 4.91 Å². The second kappa shape index (κ2) is 5.10. The lowest BCUT2D eigenvalue weighted by Crippen LogP contribution is -2.10. The lowest BCUT2D eigenvalue weighted by Gasteiger charge is -2.10. The lowest BCUT2D eigenvalue weighted by atomic mass is 10.1. The van der Waals surface area contributed by atoms with E-state index in [4.69, 9.17) is 4.74 Å². The van der Waals surface area contributed by atoms with Gasteiger partial charge in [-0.3, -0.25) is 0 Å². The number of anilines is 1. The Morgan fingerprint density at radius 3 is 2.79 bits per heavy atom. The van der Waals surface area contributed by atoms with Crippen molar-refractivity contribution in [2.24, 2.45) is 5.29 Å². The van der Waals surface area contributed by atoms with Crippen LogP contribution in [0.15, 0.2) is 53.8 Å². The number of rotatable bonds is 4. The molecule has 0 fully saturated rings. The third-order valence-electron chi connectivity index (χ3n) is 3.27. The van der Waals surface area contributed by atoms with Crippen molar-refractivity contribution in [3.63, 3.8) is 0 Å². The second-order valence-corrected chi connectivity index (χ2v) is 4.52. The highest BCUT2D eigenvalue weighted by Gasteiger charge is 2.19. The quantitative estimate of drug-likeness (QED) is 0.786. The molecule has 1 heterocycles. The molecule has 1 aliphatic rings. The van der Waals surface area contributed by atoms with E-state index in [0.29, 0.717) is 13.2 Å². The first-order valence-electron chi connectivity index (χ1n) is 6.27. The molecular formula is C15H14N2O2. The molecule has 0 spiro atoms. The summed E-state index contributed by atoms with van der Waals surface area (Å²) in [5.74, 6) is 0.829. The average Bonchev–Trinajstić information content (AvgIpc) is 2.88. The largest absolute Gasteiger partial charge is 0.489 e. The number of hydrogen-bond acceptors (Lipinski definition) is 3. The van der Waals surface area contributed by atoms with Gasteiger partial charge in [-0.2, -0.15) is 0 Å². The van der Waals surface area contributed by atoms with Crippen LogP contribution in [0.1, 0.15) is 11.1 Å². The van der Waals surface area contributed by atoms with Gasteiger partial charge >= 0.3 is 0 Å². The zero-order valence-electron chi connectivity index (χ0n) is 10.5. The Hall–Kier alpha value is -2.36. The molecule has 2 aromatic carbocycles. The van der Waals surface area contributed by atoms with Crippen LogP contribution in [0.5, 0.6) is 5.75 Å². The Labute approximate surface area is 111 Å². The van der Waals surface area contributed by atoms with Crippen LogP contribution in [-0.2, 0) is 13.0 Å². The molecule has 0 N–H and O–H groups in total. The fourth-order valence-electron chi connectivity index (χ4n) is 2.28. The van der Waals surface area contributed by atoms with Crippen LogP contribution < -0.4 is 9.75 Å². The van der Waals surface area contributed by atoms with E-state index in [1.165, 1.54) is 5.01 Å². The molecule has 4 heteroatoms. The Morgan fingerprint density at radius 1 is 1.16 bits per heavy atom. The zero-order valence-corrected chi connectivity index (χ0v) is 10.5. The number of nitroso groups, excluding NO2 is 1. The lowest BCUT2D eigenvalue weighted by molar-refractivity contribution is 0.306. The summed E-state index contributed by atoms with van der Waals surface area (Å²) in [7, 11) is 0. The monoisotopic (exact) mass is 254 g/mol. The predicted octanol–water partition coefficient (Wildman–Crippen LogP) is 3.31. The summed E-state index contributed by atoms with van der Waals surface area (Å²) in [6.45, 7) is 1.20. The van der Waals surface area contributed by atoms with Crippen LogP contribution in [0.2, 0.25) is 0 Å². The van der Waals surface area contributed by atoms with Gasteiger partial charge < -0.3 is 4.74 Å². The van der Waals surface area contributed by atoms with Gasteiger partial charge in [0.2, 0.25) is 0 Å². The van der Waals surface area contributed by atoms with Gasteiger partial charge in [0.15, 0.2) is 0 Å². The van der Waals surface area contributed by atoms with Crippen molar-refractivity contribution in [1.29, 1.82) is 0 Å². The highest BCUT2D eigenvalue weighted by atomic mass is 16.5. The third kappa shape index (κ3) is 2.42. The Kier molecular flexibility index (Phi) is 3.14. The molecule has 3 rings (SSSR count). The van der Waals surface area contributed by atoms with E-state index in [1.54, 1.807) is 0 Å². The maximum absolute atomic E-state index is 10.6. The van der Waals surface area contributed by atoms with Crippen molar-refractivity contribution in [3.8, 4) is 5.75 Å². The van der Waals surface area contributed by atoms with Crippen molar-refractivity contribution in [2.45, 2.75) is 13.0 Å². The molecule has 0 radical (unpaired) electrons. The van der Waals surface area contributed by atoms with Gasteiger partial charge in [0.05, 0.1) is 11.0 Å². The second-order valence-electron chi connectivity index (χ2n) is 4.52. The van der Waals surface area contributed by atoms with Crippen LogP contribution in [-0.4, -0.2) is 6.54 Å². The molecule has 0 bridgehead atoms. The number of benzene rings is 2. The van der Waals surface area contributed by atoms with Crippen molar-refractivity contribution in [3.05, 3.63) is 64.6 Å². The SMILES string of the molecule is O=NN1CCc2cc(OCc3ccccc3)ccc21. The van der Waals surface area contributed by atoms with Gasteiger partial charge in [-0.05, 0) is 35.7 Å². The van der Waals surface area contributed by atoms with Gasteiger partial charge in [-0.1, -0.05) is 30.3 Å². The van der Waals surface area contributed by atoms with E-state index < -0.39 is 0 Å². The number of nitrogens with zero attached hydrogens (tertiary/aromatic N) is 2. The van der Waals surface area contributed by atoms with E-state index in [1.807, 2.05) is 48.5 Å². The summed E-state index contributed by atoms with van der Waals surface area (Å²) in [6.07, 6.45) is 0.837. The third-order valence-corrected chi connectivity index (χ3v) is 3.27. The normalized spacial score (nSPS) is 13.2. The molecule has 96 valence electrons. The molecule has 4 nitrogen and oxygen atoms in total. The molecule has 0 atom stereocenters. The van der Waals surface area contributed by atoms with E-state index in [0.717, 1.165) is 29.0 Å². The molecule has 1 aliphatic heterocycles. The van der Waals surface area contributed by atoms with Crippen LogP contribution in [0.3, 0.4) is 0 Å². The summed E-state index contributed by atoms with van der Waals surface area (Å²) in [5.41, 5.74) is 3.14. The summed E-state index contributed by atoms with van der Waals surface area (Å²) < 4.78 is 5.76.